The highest BCUT2D eigenvalue weighted by Crippen LogP contribution is 2.18. The van der Waals surface area contributed by atoms with Gasteiger partial charge in [-0.3, -0.25) is 4.72 Å². The van der Waals surface area contributed by atoms with Gasteiger partial charge in [0.2, 0.25) is 10.0 Å². The molecule has 0 aliphatic heterocycles. The Labute approximate surface area is 160 Å². The van der Waals surface area contributed by atoms with Gasteiger partial charge in [-0.25, -0.2) is 18.4 Å². The molecule has 1 heterocycles. The molecular formula is C19H37N3O3S. The Morgan fingerprint density at radius 3 is 1.92 bits per heavy atom. The zero-order valence-corrected chi connectivity index (χ0v) is 16.7. The van der Waals surface area contributed by atoms with Crippen LogP contribution >= 0.6 is 0 Å². The van der Waals surface area contributed by atoms with Crippen molar-refractivity contribution < 1.29 is 13.5 Å². The molecule has 152 valence electrons. The smallest absolute Gasteiger partial charge is 0.238 e. The van der Waals surface area contributed by atoms with Crippen molar-refractivity contribution in [3.63, 3.8) is 0 Å². The van der Waals surface area contributed by atoms with E-state index in [-0.39, 0.29) is 32.7 Å². The Balaban J connectivity index is -0.000000507. The van der Waals surface area contributed by atoms with E-state index in [1.54, 1.807) is 27.7 Å². The summed E-state index contributed by atoms with van der Waals surface area (Å²) >= 11 is 0. The van der Waals surface area contributed by atoms with E-state index in [0.717, 1.165) is 0 Å². The van der Waals surface area contributed by atoms with Crippen molar-refractivity contribution in [3.8, 4) is 11.8 Å². The summed E-state index contributed by atoms with van der Waals surface area (Å²) in [5, 5.41) is 8.98. The number of aliphatic hydroxyl groups excluding tert-OH is 1. The summed E-state index contributed by atoms with van der Waals surface area (Å²) < 4.78 is 25.3. The van der Waals surface area contributed by atoms with Gasteiger partial charge < -0.3 is 5.11 Å². The molecule has 0 bridgehead atoms. The maximum Gasteiger partial charge on any atom is 0.238 e. The van der Waals surface area contributed by atoms with Gasteiger partial charge in [-0.05, 0) is 55.4 Å². The molecule has 0 aliphatic rings. The molecule has 0 aliphatic carbocycles. The summed E-state index contributed by atoms with van der Waals surface area (Å²) in [5.74, 6) is 6.48. The van der Waals surface area contributed by atoms with Crippen LogP contribution in [0, 0.1) is 24.2 Å². The first-order valence-electron chi connectivity index (χ1n) is 7.63. The zero-order valence-electron chi connectivity index (χ0n) is 15.9. The zero-order chi connectivity index (χ0) is 19.2. The standard InChI is InChI=1S/C10H17N3O3S.C7H12.2CH4/c1-7-11-8(6-14)5-9(12-7)13-17(15,16)10(2,3)4;1-5-6-7(2,3)4;;/h5,14H,6H2,1-4H3,(H,11,12,13);1-4H3;2*1H4. The fraction of sp³-hybridized carbons (Fsp3) is 0.684. The maximum atomic E-state index is 11.9. The summed E-state index contributed by atoms with van der Waals surface area (Å²) in [5.41, 5.74) is 0.568. The minimum Gasteiger partial charge on any atom is -0.390 e. The number of nitrogens with zero attached hydrogens (tertiary/aromatic N) is 2. The molecular weight excluding hydrogens is 350 g/mol. The lowest BCUT2D eigenvalue weighted by Gasteiger charge is -2.20. The molecule has 2 N–H and O–H groups in total. The molecule has 0 atom stereocenters. The third-order valence-electron chi connectivity index (χ3n) is 2.60. The van der Waals surface area contributed by atoms with Crippen molar-refractivity contribution in [2.45, 2.75) is 81.6 Å². The average Bonchev–Trinajstić information content (AvgIpc) is 2.35. The van der Waals surface area contributed by atoms with E-state index in [2.05, 4.69) is 47.3 Å². The van der Waals surface area contributed by atoms with E-state index in [1.807, 2.05) is 6.92 Å². The number of aryl methyl sites for hydroxylation is 1. The van der Waals surface area contributed by atoms with Crippen molar-refractivity contribution in [3.05, 3.63) is 17.6 Å². The van der Waals surface area contributed by atoms with Crippen molar-refractivity contribution in [1.82, 2.24) is 9.97 Å². The maximum absolute atomic E-state index is 11.9. The minimum atomic E-state index is -3.51. The van der Waals surface area contributed by atoms with Crippen LogP contribution in [-0.4, -0.2) is 28.2 Å². The number of nitrogens with one attached hydrogen (secondary N) is 1. The van der Waals surface area contributed by atoms with Crippen LogP contribution in [0.25, 0.3) is 0 Å². The van der Waals surface area contributed by atoms with Crippen LogP contribution in [0.5, 0.6) is 0 Å². The second kappa shape index (κ2) is 11.1. The number of aromatic nitrogens is 2. The van der Waals surface area contributed by atoms with Crippen molar-refractivity contribution in [1.29, 1.82) is 0 Å². The monoisotopic (exact) mass is 387 g/mol. The molecule has 0 amide bonds. The Morgan fingerprint density at radius 2 is 1.62 bits per heavy atom. The van der Waals surface area contributed by atoms with Crippen LogP contribution in [0.15, 0.2) is 6.07 Å². The molecule has 6 nitrogen and oxygen atoms in total. The first-order valence-corrected chi connectivity index (χ1v) is 9.12. The van der Waals surface area contributed by atoms with Crippen LogP contribution in [0.2, 0.25) is 0 Å². The molecule has 0 fully saturated rings. The van der Waals surface area contributed by atoms with Gasteiger partial charge in [-0.2, -0.15) is 0 Å². The molecule has 0 spiro atoms. The number of sulfonamides is 1. The van der Waals surface area contributed by atoms with Gasteiger partial charge in [0.1, 0.15) is 11.6 Å². The Kier molecular flexibility index (Phi) is 12.5. The summed E-state index contributed by atoms with van der Waals surface area (Å²) in [6.45, 7) is 14.3. The van der Waals surface area contributed by atoms with Crippen LogP contribution in [-0.2, 0) is 16.6 Å². The highest BCUT2D eigenvalue weighted by molar-refractivity contribution is 7.94. The number of anilines is 1. The molecule has 1 rings (SSSR count). The lowest BCUT2D eigenvalue weighted by molar-refractivity contribution is 0.276. The predicted octanol–water partition coefficient (Wildman–Crippen LogP) is 4.15. The largest absolute Gasteiger partial charge is 0.390 e. The van der Waals surface area contributed by atoms with Crippen molar-refractivity contribution in [2.75, 3.05) is 4.72 Å². The van der Waals surface area contributed by atoms with Gasteiger partial charge in [0.05, 0.1) is 17.0 Å². The van der Waals surface area contributed by atoms with E-state index in [4.69, 9.17) is 5.11 Å². The van der Waals surface area contributed by atoms with Gasteiger partial charge in [0, 0.05) is 11.5 Å². The normalized spacial score (nSPS) is 10.8. The third kappa shape index (κ3) is 11.1. The molecule has 1 aromatic heterocycles. The second-order valence-electron chi connectivity index (χ2n) is 7.29. The lowest BCUT2D eigenvalue weighted by atomic mass is 9.98. The Bertz CT molecular complexity index is 704. The van der Waals surface area contributed by atoms with Gasteiger partial charge in [0.15, 0.2) is 0 Å². The summed E-state index contributed by atoms with van der Waals surface area (Å²) in [6, 6.07) is 1.41. The molecule has 0 radical (unpaired) electrons. The number of aliphatic hydroxyl groups is 1. The predicted molar refractivity (Wildman–Crippen MR) is 111 cm³/mol. The average molecular weight is 388 g/mol. The SMILES string of the molecule is C.C.CC#CC(C)(C)C.Cc1nc(CO)cc(NS(=O)(=O)C(C)(C)C)n1. The van der Waals surface area contributed by atoms with Crippen molar-refractivity contribution in [2.24, 2.45) is 5.41 Å². The lowest BCUT2D eigenvalue weighted by Crippen LogP contribution is -2.34. The third-order valence-corrected chi connectivity index (χ3v) is 4.69. The van der Waals surface area contributed by atoms with E-state index in [1.165, 1.54) is 6.07 Å². The van der Waals surface area contributed by atoms with Gasteiger partial charge in [-0.15, -0.1) is 5.92 Å². The number of hydrogen-bond donors (Lipinski definition) is 2. The number of hydrogen-bond acceptors (Lipinski definition) is 5. The highest BCUT2D eigenvalue weighted by atomic mass is 32.2. The second-order valence-corrected chi connectivity index (χ2v) is 9.73. The van der Waals surface area contributed by atoms with Gasteiger partial charge in [-0.1, -0.05) is 20.8 Å². The first kappa shape index (κ1) is 29.1. The molecule has 26 heavy (non-hydrogen) atoms. The summed E-state index contributed by atoms with van der Waals surface area (Å²) in [4.78, 5) is 7.92. The Morgan fingerprint density at radius 1 is 1.12 bits per heavy atom. The van der Waals surface area contributed by atoms with Crippen LogP contribution in [0.1, 0.15) is 74.8 Å². The van der Waals surface area contributed by atoms with E-state index < -0.39 is 14.8 Å². The molecule has 0 saturated carbocycles. The first-order chi connectivity index (χ1) is 10.7. The molecule has 0 aromatic carbocycles. The van der Waals surface area contributed by atoms with E-state index >= 15 is 0 Å². The Hall–Kier alpha value is -1.65. The van der Waals surface area contributed by atoms with Gasteiger partial charge in [0.25, 0.3) is 0 Å². The highest BCUT2D eigenvalue weighted by Gasteiger charge is 2.29. The topological polar surface area (TPSA) is 92.2 Å². The quantitative estimate of drug-likeness (QED) is 0.760. The molecule has 1 aromatic rings. The summed E-state index contributed by atoms with van der Waals surface area (Å²) in [7, 11) is -3.51. The fourth-order valence-electron chi connectivity index (χ4n) is 1.43. The van der Waals surface area contributed by atoms with Crippen LogP contribution < -0.4 is 4.72 Å². The fourth-order valence-corrected chi connectivity index (χ4v) is 2.11. The van der Waals surface area contributed by atoms with Crippen molar-refractivity contribution >= 4 is 15.8 Å². The van der Waals surface area contributed by atoms with Crippen LogP contribution in [0.4, 0.5) is 5.82 Å². The van der Waals surface area contributed by atoms with E-state index in [9.17, 15) is 8.42 Å². The molecule has 0 unspecified atom stereocenters. The van der Waals surface area contributed by atoms with Gasteiger partial charge >= 0.3 is 0 Å². The van der Waals surface area contributed by atoms with Crippen LogP contribution in [0.3, 0.4) is 0 Å². The molecule has 0 saturated heterocycles. The number of rotatable bonds is 3. The summed E-state index contributed by atoms with van der Waals surface area (Å²) in [6.07, 6.45) is 0. The molecule has 7 heteroatoms. The van der Waals surface area contributed by atoms with E-state index in [0.29, 0.717) is 11.5 Å². The minimum absolute atomic E-state index is 0.